The van der Waals surface area contributed by atoms with Crippen LogP contribution in [0.3, 0.4) is 0 Å². The number of halogens is 1. The van der Waals surface area contributed by atoms with Gasteiger partial charge in [-0.15, -0.1) is 0 Å². The van der Waals surface area contributed by atoms with Crippen LogP contribution >= 0.6 is 0 Å². The first-order chi connectivity index (χ1) is 6.38. The zero-order valence-corrected chi connectivity index (χ0v) is 8.04. The van der Waals surface area contributed by atoms with Crippen molar-refractivity contribution in [2.45, 2.75) is 6.10 Å². The van der Waals surface area contributed by atoms with Crippen LogP contribution in [0.15, 0.2) is 24.3 Å². The lowest BCUT2D eigenvalue weighted by atomic mass is 10.1. The summed E-state index contributed by atoms with van der Waals surface area (Å²) in [5.74, 6) is -1.02. The smallest absolute Gasteiger partial charge is 0.211 e. The highest BCUT2D eigenvalue weighted by atomic mass is 32.2. The molecule has 0 bridgehead atoms. The van der Waals surface area contributed by atoms with Crippen molar-refractivity contribution in [1.82, 2.24) is 0 Å². The highest BCUT2D eigenvalue weighted by Crippen LogP contribution is 2.14. The predicted molar refractivity (Wildman–Crippen MR) is 49.3 cm³/mol. The lowest BCUT2D eigenvalue weighted by Crippen LogP contribution is -2.21. The first-order valence-electron chi connectivity index (χ1n) is 3.82. The lowest BCUT2D eigenvalue weighted by molar-refractivity contribution is 0.201. The van der Waals surface area contributed by atoms with Crippen molar-refractivity contribution in [2.75, 3.05) is 5.75 Å². The van der Waals surface area contributed by atoms with Crippen LogP contribution in [0.4, 0.5) is 4.39 Å². The van der Waals surface area contributed by atoms with Crippen molar-refractivity contribution in [3.8, 4) is 0 Å². The summed E-state index contributed by atoms with van der Waals surface area (Å²) in [6.45, 7) is 0. The fraction of sp³-hybridized carbons (Fsp3) is 0.250. The first kappa shape index (κ1) is 11.1. The molecule has 0 radical (unpaired) electrons. The van der Waals surface area contributed by atoms with Crippen LogP contribution in [0, 0.1) is 5.82 Å². The maximum absolute atomic E-state index is 12.5. The molecule has 0 aromatic heterocycles. The number of primary sulfonamides is 1. The minimum atomic E-state index is -3.73. The predicted octanol–water partition coefficient (Wildman–Crippen LogP) is 0.148. The summed E-state index contributed by atoms with van der Waals surface area (Å²) in [5, 5.41) is 14.1. The van der Waals surface area contributed by atoms with E-state index in [1.807, 2.05) is 0 Å². The Kier molecular flexibility index (Phi) is 3.20. The van der Waals surface area contributed by atoms with Crippen LogP contribution in [0.25, 0.3) is 0 Å². The molecule has 1 unspecified atom stereocenters. The van der Waals surface area contributed by atoms with Crippen LogP contribution < -0.4 is 5.14 Å². The minimum absolute atomic E-state index is 0.320. The van der Waals surface area contributed by atoms with Crippen molar-refractivity contribution >= 4 is 10.0 Å². The highest BCUT2D eigenvalue weighted by molar-refractivity contribution is 7.89. The molecule has 0 amide bonds. The average Bonchev–Trinajstić information content (AvgIpc) is 2.02. The van der Waals surface area contributed by atoms with E-state index in [-0.39, 0.29) is 0 Å². The maximum Gasteiger partial charge on any atom is 0.211 e. The van der Waals surface area contributed by atoms with E-state index < -0.39 is 27.7 Å². The number of benzene rings is 1. The van der Waals surface area contributed by atoms with Gasteiger partial charge in [-0.1, -0.05) is 12.1 Å². The summed E-state index contributed by atoms with van der Waals surface area (Å²) < 4.78 is 33.7. The Morgan fingerprint density at radius 3 is 2.29 bits per heavy atom. The van der Waals surface area contributed by atoms with Crippen LogP contribution in [-0.2, 0) is 10.0 Å². The zero-order valence-electron chi connectivity index (χ0n) is 7.22. The second kappa shape index (κ2) is 4.04. The highest BCUT2D eigenvalue weighted by Gasteiger charge is 2.14. The second-order valence-corrected chi connectivity index (χ2v) is 4.56. The number of aliphatic hydroxyl groups is 1. The molecule has 0 aliphatic heterocycles. The Bertz CT molecular complexity index is 401. The fourth-order valence-electron chi connectivity index (χ4n) is 1.00. The number of hydrogen-bond donors (Lipinski definition) is 2. The number of rotatable bonds is 3. The van der Waals surface area contributed by atoms with E-state index in [9.17, 15) is 17.9 Å². The maximum atomic E-state index is 12.5. The Morgan fingerprint density at radius 1 is 1.36 bits per heavy atom. The molecular formula is C8H10FNO3S. The van der Waals surface area contributed by atoms with Crippen molar-refractivity contribution in [1.29, 1.82) is 0 Å². The fourth-order valence-corrected chi connectivity index (χ4v) is 1.63. The van der Waals surface area contributed by atoms with Crippen LogP contribution in [0.5, 0.6) is 0 Å². The standard InChI is InChI=1S/C8H10FNO3S/c9-7-3-1-6(2-4-7)8(11)5-14(10,12)13/h1-4,8,11H,5H2,(H2,10,12,13). The van der Waals surface area contributed by atoms with Gasteiger partial charge in [0, 0.05) is 0 Å². The number of hydrogen-bond acceptors (Lipinski definition) is 3. The first-order valence-corrected chi connectivity index (χ1v) is 5.54. The van der Waals surface area contributed by atoms with Gasteiger partial charge in [0.2, 0.25) is 10.0 Å². The molecule has 1 rings (SSSR count). The van der Waals surface area contributed by atoms with Gasteiger partial charge in [-0.2, -0.15) is 0 Å². The molecule has 0 heterocycles. The monoisotopic (exact) mass is 219 g/mol. The SMILES string of the molecule is NS(=O)(=O)CC(O)c1ccc(F)cc1. The Morgan fingerprint density at radius 2 is 1.86 bits per heavy atom. The molecule has 4 nitrogen and oxygen atoms in total. The average molecular weight is 219 g/mol. The van der Waals surface area contributed by atoms with Crippen molar-refractivity contribution in [3.63, 3.8) is 0 Å². The molecule has 0 saturated carbocycles. The van der Waals surface area contributed by atoms with Gasteiger partial charge in [0.15, 0.2) is 0 Å². The van der Waals surface area contributed by atoms with Gasteiger partial charge >= 0.3 is 0 Å². The molecular weight excluding hydrogens is 209 g/mol. The largest absolute Gasteiger partial charge is 0.387 e. The normalized spacial score (nSPS) is 13.9. The summed E-state index contributed by atoms with van der Waals surface area (Å²) >= 11 is 0. The summed E-state index contributed by atoms with van der Waals surface area (Å²) in [7, 11) is -3.73. The van der Waals surface area contributed by atoms with E-state index in [0.29, 0.717) is 5.56 Å². The van der Waals surface area contributed by atoms with Gasteiger partial charge in [-0.25, -0.2) is 17.9 Å². The molecule has 14 heavy (non-hydrogen) atoms. The van der Waals surface area contributed by atoms with Crippen molar-refractivity contribution in [2.24, 2.45) is 5.14 Å². The third-order valence-corrected chi connectivity index (χ3v) is 2.43. The summed E-state index contributed by atoms with van der Waals surface area (Å²) in [6.07, 6.45) is -1.22. The molecule has 78 valence electrons. The van der Waals surface area contributed by atoms with E-state index in [4.69, 9.17) is 5.14 Å². The molecule has 6 heteroatoms. The Labute approximate surface area is 81.2 Å². The molecule has 0 aliphatic rings. The molecule has 1 aromatic carbocycles. The minimum Gasteiger partial charge on any atom is -0.387 e. The van der Waals surface area contributed by atoms with Gasteiger partial charge in [0.25, 0.3) is 0 Å². The van der Waals surface area contributed by atoms with Crippen molar-refractivity contribution in [3.05, 3.63) is 35.6 Å². The van der Waals surface area contributed by atoms with Gasteiger partial charge in [0.1, 0.15) is 5.82 Å². The summed E-state index contributed by atoms with van der Waals surface area (Å²) in [4.78, 5) is 0. The number of aliphatic hydroxyl groups excluding tert-OH is 1. The molecule has 1 aromatic rings. The topological polar surface area (TPSA) is 80.4 Å². The third kappa shape index (κ3) is 3.41. The van der Waals surface area contributed by atoms with Crippen LogP contribution in [-0.4, -0.2) is 19.3 Å². The second-order valence-electron chi connectivity index (χ2n) is 2.90. The molecule has 3 N–H and O–H groups in total. The number of sulfonamides is 1. The van der Waals surface area contributed by atoms with Crippen LogP contribution in [0.2, 0.25) is 0 Å². The molecule has 0 aliphatic carbocycles. The lowest BCUT2D eigenvalue weighted by Gasteiger charge is -2.08. The number of nitrogens with two attached hydrogens (primary N) is 1. The summed E-state index contributed by atoms with van der Waals surface area (Å²) in [6, 6.07) is 4.90. The van der Waals surface area contributed by atoms with E-state index in [1.165, 1.54) is 12.1 Å². The van der Waals surface area contributed by atoms with Gasteiger partial charge in [0.05, 0.1) is 11.9 Å². The molecule has 0 spiro atoms. The Balaban J connectivity index is 2.80. The van der Waals surface area contributed by atoms with Gasteiger partial charge in [-0.3, -0.25) is 0 Å². The zero-order chi connectivity index (χ0) is 10.8. The van der Waals surface area contributed by atoms with Gasteiger partial charge in [-0.05, 0) is 17.7 Å². The molecule has 1 atom stereocenters. The van der Waals surface area contributed by atoms with E-state index in [2.05, 4.69) is 0 Å². The quantitative estimate of drug-likeness (QED) is 0.759. The molecule has 0 saturated heterocycles. The van der Waals surface area contributed by atoms with E-state index >= 15 is 0 Å². The van der Waals surface area contributed by atoms with Crippen molar-refractivity contribution < 1.29 is 17.9 Å². The third-order valence-electron chi connectivity index (χ3n) is 1.64. The Hall–Kier alpha value is -0.980. The van der Waals surface area contributed by atoms with Crippen LogP contribution in [0.1, 0.15) is 11.7 Å². The molecule has 0 fully saturated rings. The summed E-state index contributed by atoms with van der Waals surface area (Å²) in [5.41, 5.74) is 0.320. The van der Waals surface area contributed by atoms with Gasteiger partial charge < -0.3 is 5.11 Å². The van der Waals surface area contributed by atoms with E-state index in [0.717, 1.165) is 12.1 Å². The van der Waals surface area contributed by atoms with E-state index in [1.54, 1.807) is 0 Å².